The number of nitrogens with one attached hydrogen (secondary N) is 1. The third kappa shape index (κ3) is 5.08. The highest BCUT2D eigenvalue weighted by Crippen LogP contribution is 2.25. The fourth-order valence-corrected chi connectivity index (χ4v) is 3.20. The van der Waals surface area contributed by atoms with Gasteiger partial charge in [0.2, 0.25) is 5.91 Å². The van der Waals surface area contributed by atoms with E-state index in [1.165, 1.54) is 0 Å². The minimum atomic E-state index is -0.166. The summed E-state index contributed by atoms with van der Waals surface area (Å²) >= 11 is 15.3. The predicted octanol–water partition coefficient (Wildman–Crippen LogP) is 5.98. The second kappa shape index (κ2) is 8.04. The van der Waals surface area contributed by atoms with Gasteiger partial charge in [-0.05, 0) is 30.3 Å². The Kier molecular flexibility index (Phi) is 5.78. The monoisotopic (exact) mass is 438 g/mol. The smallest absolute Gasteiger partial charge is 0.224 e. The number of hydrogen-bond acceptors (Lipinski definition) is 3. The summed E-state index contributed by atoms with van der Waals surface area (Å²) in [6.45, 7) is 0. The van der Waals surface area contributed by atoms with Crippen molar-refractivity contribution in [1.29, 1.82) is 0 Å². The Morgan fingerprint density at radius 2 is 1.92 bits per heavy atom. The molecule has 4 nitrogen and oxygen atoms in total. The largest absolute Gasteiger partial charge is 0.441 e. The van der Waals surface area contributed by atoms with Gasteiger partial charge in [0, 0.05) is 38.6 Å². The van der Waals surface area contributed by atoms with Gasteiger partial charge in [-0.3, -0.25) is 4.79 Å². The van der Waals surface area contributed by atoms with Crippen LogP contribution >= 0.6 is 39.1 Å². The second-order valence-corrected chi connectivity index (χ2v) is 7.12. The van der Waals surface area contributed by atoms with Gasteiger partial charge in [-0.15, -0.1) is 0 Å². The zero-order valence-corrected chi connectivity index (χ0v) is 16.0. The molecule has 0 fully saturated rings. The first-order valence-corrected chi connectivity index (χ1v) is 9.01. The molecule has 0 saturated heterocycles. The number of oxazole rings is 1. The van der Waals surface area contributed by atoms with Crippen molar-refractivity contribution in [2.75, 3.05) is 5.32 Å². The molecule has 1 heterocycles. The lowest BCUT2D eigenvalue weighted by atomic mass is 10.2. The summed E-state index contributed by atoms with van der Waals surface area (Å²) in [5, 5.41) is 3.69. The molecule has 7 heteroatoms. The van der Waals surface area contributed by atoms with Gasteiger partial charge in [0.05, 0.1) is 6.20 Å². The average Bonchev–Trinajstić information content (AvgIpc) is 3.01. The Morgan fingerprint density at radius 1 is 1.16 bits per heavy atom. The summed E-state index contributed by atoms with van der Waals surface area (Å²) in [6.07, 6.45) is 2.29. The molecule has 1 aromatic heterocycles. The molecule has 0 unspecified atom stereocenters. The van der Waals surface area contributed by atoms with Crippen molar-refractivity contribution in [2.24, 2.45) is 0 Å². The quantitative estimate of drug-likeness (QED) is 0.531. The Balaban J connectivity index is 1.59. The number of anilines is 1. The number of amides is 1. The number of benzene rings is 2. The molecule has 25 heavy (non-hydrogen) atoms. The molecule has 0 saturated carbocycles. The van der Waals surface area contributed by atoms with E-state index in [1.807, 2.05) is 24.3 Å². The van der Waals surface area contributed by atoms with Crippen molar-refractivity contribution < 1.29 is 9.21 Å². The van der Waals surface area contributed by atoms with Crippen LogP contribution in [0.15, 0.2) is 57.6 Å². The molecule has 2 aromatic carbocycles. The highest BCUT2D eigenvalue weighted by molar-refractivity contribution is 9.10. The molecule has 3 rings (SSSR count). The van der Waals surface area contributed by atoms with Gasteiger partial charge in [0.1, 0.15) is 0 Å². The molecular formula is C18H13BrCl2N2O2. The fraction of sp³-hybridized carbons (Fsp3) is 0.111. The van der Waals surface area contributed by atoms with Gasteiger partial charge in [0.15, 0.2) is 11.7 Å². The van der Waals surface area contributed by atoms with Crippen molar-refractivity contribution in [3.8, 4) is 11.3 Å². The number of rotatable bonds is 5. The third-order valence-corrected chi connectivity index (χ3v) is 4.30. The van der Waals surface area contributed by atoms with Crippen LogP contribution in [0.5, 0.6) is 0 Å². The van der Waals surface area contributed by atoms with E-state index in [-0.39, 0.29) is 12.3 Å². The average molecular weight is 440 g/mol. The minimum Gasteiger partial charge on any atom is -0.441 e. The number of aromatic nitrogens is 1. The summed E-state index contributed by atoms with van der Waals surface area (Å²) in [5.74, 6) is 1.01. The maximum atomic E-state index is 12.1. The van der Waals surface area contributed by atoms with Crippen molar-refractivity contribution in [2.45, 2.75) is 12.8 Å². The van der Waals surface area contributed by atoms with E-state index in [4.69, 9.17) is 27.6 Å². The van der Waals surface area contributed by atoms with Crippen LogP contribution in [0, 0.1) is 0 Å². The molecule has 1 amide bonds. The zero-order chi connectivity index (χ0) is 17.8. The fourth-order valence-electron chi connectivity index (χ4n) is 2.27. The molecule has 0 radical (unpaired) electrons. The summed E-state index contributed by atoms with van der Waals surface area (Å²) in [4.78, 5) is 16.3. The zero-order valence-electron chi connectivity index (χ0n) is 12.9. The molecular weight excluding hydrogens is 427 g/mol. The van der Waals surface area contributed by atoms with Crippen LogP contribution in [0.25, 0.3) is 11.3 Å². The predicted molar refractivity (Wildman–Crippen MR) is 103 cm³/mol. The first-order valence-electron chi connectivity index (χ1n) is 7.46. The van der Waals surface area contributed by atoms with Gasteiger partial charge in [0.25, 0.3) is 0 Å². The minimum absolute atomic E-state index is 0.166. The second-order valence-electron chi connectivity index (χ2n) is 5.33. The van der Waals surface area contributed by atoms with Crippen molar-refractivity contribution in [3.05, 3.63) is 69.1 Å². The summed E-state index contributed by atoms with van der Waals surface area (Å²) < 4.78 is 6.67. The lowest BCUT2D eigenvalue weighted by molar-refractivity contribution is -0.116. The lowest BCUT2D eigenvalue weighted by Crippen LogP contribution is -2.12. The topological polar surface area (TPSA) is 55.1 Å². The van der Waals surface area contributed by atoms with Gasteiger partial charge in [-0.2, -0.15) is 0 Å². The Bertz CT molecular complexity index is 891. The first kappa shape index (κ1) is 18.0. The van der Waals surface area contributed by atoms with Crippen LogP contribution in [-0.2, 0) is 11.2 Å². The Morgan fingerprint density at radius 3 is 2.64 bits per heavy atom. The molecule has 128 valence electrons. The number of hydrogen-bond donors (Lipinski definition) is 1. The van der Waals surface area contributed by atoms with Crippen LogP contribution in [0.2, 0.25) is 10.0 Å². The first-order chi connectivity index (χ1) is 12.0. The van der Waals surface area contributed by atoms with Gasteiger partial charge < -0.3 is 9.73 Å². The molecule has 0 aliphatic heterocycles. The maximum absolute atomic E-state index is 12.1. The van der Waals surface area contributed by atoms with Crippen molar-refractivity contribution in [3.63, 3.8) is 0 Å². The van der Waals surface area contributed by atoms with Crippen LogP contribution in [0.4, 0.5) is 5.69 Å². The van der Waals surface area contributed by atoms with E-state index in [0.29, 0.717) is 33.8 Å². The molecule has 0 spiro atoms. The van der Waals surface area contributed by atoms with Gasteiger partial charge in [-0.1, -0.05) is 51.3 Å². The molecule has 0 aliphatic carbocycles. The number of carbonyl (C=O) groups is 1. The van der Waals surface area contributed by atoms with Crippen LogP contribution in [-0.4, -0.2) is 10.9 Å². The maximum Gasteiger partial charge on any atom is 0.224 e. The SMILES string of the molecule is O=C(CCc1ncc(-c2cccc(Br)c2)o1)Nc1cc(Cl)cc(Cl)c1. The molecule has 1 N–H and O–H groups in total. The van der Waals surface area contributed by atoms with Crippen LogP contribution in [0.3, 0.4) is 0 Å². The summed E-state index contributed by atoms with van der Waals surface area (Å²) in [7, 11) is 0. The molecule has 0 bridgehead atoms. The number of aryl methyl sites for hydroxylation is 1. The number of carbonyl (C=O) groups excluding carboxylic acids is 1. The Hall–Kier alpha value is -1.82. The Labute approximate surface area is 163 Å². The van der Waals surface area contributed by atoms with Crippen LogP contribution in [0.1, 0.15) is 12.3 Å². The van der Waals surface area contributed by atoms with Gasteiger partial charge in [-0.25, -0.2) is 4.98 Å². The van der Waals surface area contributed by atoms with Gasteiger partial charge >= 0.3 is 0 Å². The summed E-state index contributed by atoms with van der Waals surface area (Å²) in [5.41, 5.74) is 1.48. The third-order valence-electron chi connectivity index (χ3n) is 3.37. The van der Waals surface area contributed by atoms with E-state index in [2.05, 4.69) is 26.2 Å². The highest BCUT2D eigenvalue weighted by Gasteiger charge is 2.10. The lowest BCUT2D eigenvalue weighted by Gasteiger charge is -2.05. The molecule has 0 aliphatic rings. The highest BCUT2D eigenvalue weighted by atomic mass is 79.9. The van der Waals surface area contributed by atoms with E-state index in [1.54, 1.807) is 24.4 Å². The number of halogens is 3. The van der Waals surface area contributed by atoms with E-state index >= 15 is 0 Å². The summed E-state index contributed by atoms with van der Waals surface area (Å²) in [6, 6.07) is 12.6. The number of nitrogens with zero attached hydrogens (tertiary/aromatic N) is 1. The van der Waals surface area contributed by atoms with Crippen LogP contribution < -0.4 is 5.32 Å². The normalized spacial score (nSPS) is 10.7. The van der Waals surface area contributed by atoms with Crippen molar-refractivity contribution in [1.82, 2.24) is 4.98 Å². The molecule has 3 aromatic rings. The van der Waals surface area contributed by atoms with E-state index < -0.39 is 0 Å². The van der Waals surface area contributed by atoms with E-state index in [0.717, 1.165) is 10.0 Å². The standard InChI is InChI=1S/C18H13BrCl2N2O2/c19-12-3-1-2-11(6-12)16-10-22-18(25-16)5-4-17(24)23-15-8-13(20)7-14(21)9-15/h1-3,6-10H,4-5H2,(H,23,24). The van der Waals surface area contributed by atoms with Crippen molar-refractivity contribution >= 4 is 50.7 Å². The van der Waals surface area contributed by atoms with E-state index in [9.17, 15) is 4.79 Å². The molecule has 0 atom stereocenters.